The molecule has 210 valence electrons. The smallest absolute Gasteiger partial charge is 0.326 e. The monoisotopic (exact) mass is 556 g/mol. The molecule has 4 N–H and O–H groups in total. The van der Waals surface area contributed by atoms with E-state index in [9.17, 15) is 13.2 Å². The Kier molecular flexibility index (Phi) is 8.63. The van der Waals surface area contributed by atoms with Crippen molar-refractivity contribution in [2.45, 2.75) is 50.7 Å². The fourth-order valence-electron chi connectivity index (χ4n) is 4.86. The Hall–Kier alpha value is -3.80. The Labute approximate surface area is 229 Å². The van der Waals surface area contributed by atoms with Crippen LogP contribution in [0, 0.1) is 10.8 Å². The SMILES string of the molecule is CCOC(=O)CN(c1ccc2c(c1)CN(C(=N)N)CC2)S(=O)(=O)c1ccc(OC2CCN(C(C)=N)CC2)cc1. The lowest BCUT2D eigenvalue weighted by Crippen LogP contribution is -2.40. The number of hydrogen-bond acceptors (Lipinski definition) is 7. The van der Waals surface area contributed by atoms with Gasteiger partial charge in [0, 0.05) is 39.0 Å². The Balaban J connectivity index is 1.56. The van der Waals surface area contributed by atoms with Gasteiger partial charge in [-0.05, 0) is 67.8 Å². The molecule has 2 aromatic rings. The summed E-state index contributed by atoms with van der Waals surface area (Å²) in [6.07, 6.45) is 2.24. The number of carbonyl (C=O) groups is 1. The van der Waals surface area contributed by atoms with E-state index in [4.69, 9.17) is 26.0 Å². The van der Waals surface area contributed by atoms with E-state index in [0.717, 1.165) is 41.4 Å². The highest BCUT2D eigenvalue weighted by Crippen LogP contribution is 2.30. The number of nitrogens with two attached hydrogens (primary N) is 1. The van der Waals surface area contributed by atoms with Gasteiger partial charge < -0.3 is 25.0 Å². The zero-order chi connectivity index (χ0) is 28.2. The number of guanidine groups is 1. The first-order chi connectivity index (χ1) is 18.6. The molecule has 0 aliphatic carbocycles. The third kappa shape index (κ3) is 6.62. The van der Waals surface area contributed by atoms with Crippen molar-refractivity contribution < 1.29 is 22.7 Å². The normalized spacial score (nSPS) is 15.8. The lowest BCUT2D eigenvalue weighted by atomic mass is 9.99. The van der Waals surface area contributed by atoms with Crippen LogP contribution >= 0.6 is 0 Å². The molecular weight excluding hydrogens is 520 g/mol. The molecule has 2 aromatic carbocycles. The van der Waals surface area contributed by atoms with Crippen LogP contribution in [0.25, 0.3) is 0 Å². The average Bonchev–Trinajstić information content (AvgIpc) is 2.91. The summed E-state index contributed by atoms with van der Waals surface area (Å²) in [5.41, 5.74) is 7.91. The van der Waals surface area contributed by atoms with Gasteiger partial charge in [0.05, 0.1) is 23.0 Å². The Morgan fingerprint density at radius 1 is 1.05 bits per heavy atom. The van der Waals surface area contributed by atoms with Gasteiger partial charge in [0.1, 0.15) is 18.4 Å². The second-order valence-corrected chi connectivity index (χ2v) is 11.5. The van der Waals surface area contributed by atoms with E-state index in [2.05, 4.69) is 0 Å². The summed E-state index contributed by atoms with van der Waals surface area (Å²) < 4.78 is 39.8. The van der Waals surface area contributed by atoms with E-state index in [1.54, 1.807) is 43.0 Å². The summed E-state index contributed by atoms with van der Waals surface area (Å²) in [5, 5.41) is 15.5. The molecule has 0 unspecified atom stereocenters. The number of rotatable bonds is 8. The number of piperidine rings is 1. The summed E-state index contributed by atoms with van der Waals surface area (Å²) in [5.74, 6) is 0.412. The summed E-state index contributed by atoms with van der Waals surface area (Å²) in [4.78, 5) is 16.2. The highest BCUT2D eigenvalue weighted by Gasteiger charge is 2.29. The molecule has 2 aliphatic heterocycles. The molecule has 0 spiro atoms. The number of carbonyl (C=O) groups excluding carboxylic acids is 1. The highest BCUT2D eigenvalue weighted by atomic mass is 32.2. The number of likely N-dealkylation sites (tertiary alicyclic amines) is 1. The summed E-state index contributed by atoms with van der Waals surface area (Å²) in [6, 6.07) is 11.5. The zero-order valence-corrected chi connectivity index (χ0v) is 23.2. The molecule has 0 amide bonds. The van der Waals surface area contributed by atoms with Crippen molar-refractivity contribution in [3.63, 3.8) is 0 Å². The van der Waals surface area contributed by atoms with Crippen LogP contribution in [0.5, 0.6) is 5.75 Å². The first kappa shape index (κ1) is 28.2. The summed E-state index contributed by atoms with van der Waals surface area (Å²) in [6.45, 7) is 5.60. The third-order valence-corrected chi connectivity index (χ3v) is 8.83. The van der Waals surface area contributed by atoms with Crippen LogP contribution in [0.15, 0.2) is 47.4 Å². The Morgan fingerprint density at radius 3 is 2.36 bits per heavy atom. The van der Waals surface area contributed by atoms with Gasteiger partial charge in [-0.2, -0.15) is 0 Å². The number of benzene rings is 2. The summed E-state index contributed by atoms with van der Waals surface area (Å²) >= 11 is 0. The number of esters is 1. The van der Waals surface area contributed by atoms with Crippen molar-refractivity contribution in [1.82, 2.24) is 9.80 Å². The van der Waals surface area contributed by atoms with Gasteiger partial charge in [-0.15, -0.1) is 0 Å². The average molecular weight is 557 g/mol. The topological polar surface area (TPSA) is 153 Å². The largest absolute Gasteiger partial charge is 0.490 e. The van der Waals surface area contributed by atoms with Crippen molar-refractivity contribution >= 4 is 33.5 Å². The molecule has 0 aromatic heterocycles. The van der Waals surface area contributed by atoms with Crippen LogP contribution in [0.1, 0.15) is 37.8 Å². The molecule has 0 radical (unpaired) electrons. The molecule has 11 nitrogen and oxygen atoms in total. The third-order valence-electron chi connectivity index (χ3n) is 7.04. The molecule has 2 heterocycles. The molecule has 0 saturated carbocycles. The van der Waals surface area contributed by atoms with Crippen LogP contribution < -0.4 is 14.8 Å². The van der Waals surface area contributed by atoms with Gasteiger partial charge in [0.15, 0.2) is 5.96 Å². The molecule has 0 bridgehead atoms. The fourth-order valence-corrected chi connectivity index (χ4v) is 6.26. The van der Waals surface area contributed by atoms with Crippen molar-refractivity contribution in [2.24, 2.45) is 5.73 Å². The van der Waals surface area contributed by atoms with Crippen molar-refractivity contribution in [3.8, 4) is 5.75 Å². The number of anilines is 1. The zero-order valence-electron chi connectivity index (χ0n) is 22.4. The number of nitrogens with zero attached hydrogens (tertiary/aromatic N) is 3. The van der Waals surface area contributed by atoms with E-state index in [1.807, 2.05) is 11.0 Å². The second kappa shape index (κ2) is 11.9. The predicted molar refractivity (Wildman–Crippen MR) is 149 cm³/mol. The number of nitrogens with one attached hydrogen (secondary N) is 2. The van der Waals surface area contributed by atoms with Gasteiger partial charge in [0.2, 0.25) is 0 Å². The molecule has 39 heavy (non-hydrogen) atoms. The van der Waals surface area contributed by atoms with Gasteiger partial charge in [-0.25, -0.2) is 8.42 Å². The quantitative estimate of drug-likeness (QED) is 0.255. The van der Waals surface area contributed by atoms with Crippen LogP contribution in [-0.2, 0) is 32.5 Å². The Morgan fingerprint density at radius 2 is 1.74 bits per heavy atom. The minimum Gasteiger partial charge on any atom is -0.490 e. The number of ether oxygens (including phenoxy) is 2. The van der Waals surface area contributed by atoms with Crippen LogP contribution in [0.3, 0.4) is 0 Å². The second-order valence-electron chi connectivity index (χ2n) is 9.69. The van der Waals surface area contributed by atoms with E-state index in [0.29, 0.717) is 36.8 Å². The standard InChI is InChI=1S/C27H36N6O5S/c1-3-37-26(34)18-33(22-5-4-20-10-13-32(27(29)30)17-21(20)16-22)39(35,36)25-8-6-23(7-9-25)38-24-11-14-31(15-12-24)19(2)28/h4-9,16,24,28H,3,10-15,17-18H2,1-2H3,(H3,29,30). The number of hydrogen-bond donors (Lipinski definition) is 3. The van der Waals surface area contributed by atoms with Crippen molar-refractivity contribution in [2.75, 3.05) is 37.1 Å². The fraction of sp³-hybridized carbons (Fsp3) is 0.444. The van der Waals surface area contributed by atoms with Crippen LogP contribution in [-0.4, -0.2) is 74.9 Å². The van der Waals surface area contributed by atoms with Gasteiger partial charge in [-0.3, -0.25) is 19.9 Å². The molecule has 12 heteroatoms. The Bertz CT molecular complexity index is 1320. The summed E-state index contributed by atoms with van der Waals surface area (Å²) in [7, 11) is -4.12. The lowest BCUT2D eigenvalue weighted by Gasteiger charge is -2.32. The molecule has 1 fully saturated rings. The maximum absolute atomic E-state index is 13.8. The first-order valence-electron chi connectivity index (χ1n) is 13.0. The van der Waals surface area contributed by atoms with E-state index in [-0.39, 0.29) is 23.6 Å². The van der Waals surface area contributed by atoms with Crippen LogP contribution in [0.2, 0.25) is 0 Å². The maximum Gasteiger partial charge on any atom is 0.326 e. The van der Waals surface area contributed by atoms with Gasteiger partial charge in [-0.1, -0.05) is 6.07 Å². The van der Waals surface area contributed by atoms with Crippen molar-refractivity contribution in [3.05, 3.63) is 53.6 Å². The molecule has 2 aliphatic rings. The van der Waals surface area contributed by atoms with E-state index >= 15 is 0 Å². The minimum absolute atomic E-state index is 0.00608. The number of amidine groups is 1. The molecule has 4 rings (SSSR count). The molecule has 0 atom stereocenters. The van der Waals surface area contributed by atoms with Gasteiger partial charge >= 0.3 is 5.97 Å². The molecule has 1 saturated heterocycles. The molecular formula is C27H36N6O5S. The maximum atomic E-state index is 13.8. The number of fused-ring (bicyclic) bond motifs is 1. The van der Waals surface area contributed by atoms with Crippen LogP contribution in [0.4, 0.5) is 5.69 Å². The van der Waals surface area contributed by atoms with E-state index < -0.39 is 22.5 Å². The highest BCUT2D eigenvalue weighted by molar-refractivity contribution is 7.92. The predicted octanol–water partition coefficient (Wildman–Crippen LogP) is 2.54. The van der Waals surface area contributed by atoms with E-state index in [1.165, 1.54) is 12.1 Å². The lowest BCUT2D eigenvalue weighted by molar-refractivity contribution is -0.141. The van der Waals surface area contributed by atoms with Gasteiger partial charge in [0.25, 0.3) is 10.0 Å². The van der Waals surface area contributed by atoms with Crippen molar-refractivity contribution in [1.29, 1.82) is 10.8 Å². The first-order valence-corrected chi connectivity index (χ1v) is 14.5. The minimum atomic E-state index is -4.12. The number of sulfonamides is 1.